The zero-order chi connectivity index (χ0) is 12.8. The molecule has 2 heterocycles. The topological polar surface area (TPSA) is 41.0 Å². The van der Waals surface area contributed by atoms with Crippen LogP contribution < -0.4 is 10.2 Å². The molecule has 1 aromatic rings. The number of hydrogen-bond acceptors (Lipinski definition) is 4. The van der Waals surface area contributed by atoms with Gasteiger partial charge in [0.25, 0.3) is 0 Å². The number of nitrogens with one attached hydrogen (secondary N) is 1. The second kappa shape index (κ2) is 6.64. The second-order valence-electron chi connectivity index (χ2n) is 4.79. The molecule has 0 bridgehead atoms. The van der Waals surface area contributed by atoms with Gasteiger partial charge in [0, 0.05) is 19.1 Å². The van der Waals surface area contributed by atoms with Gasteiger partial charge in [-0.3, -0.25) is 0 Å². The van der Waals surface area contributed by atoms with Crippen LogP contribution in [0.2, 0.25) is 0 Å². The van der Waals surface area contributed by atoms with Crippen molar-refractivity contribution < 1.29 is 4.39 Å². The second-order valence-corrected chi connectivity index (χ2v) is 4.79. The van der Waals surface area contributed by atoms with Crippen molar-refractivity contribution in [3.05, 3.63) is 18.2 Å². The molecule has 18 heavy (non-hydrogen) atoms. The Bertz CT molecular complexity index is 349. The first-order valence-electron chi connectivity index (χ1n) is 6.75. The summed E-state index contributed by atoms with van der Waals surface area (Å²) in [6.07, 6.45) is 7.15. The molecule has 1 N–H and O–H groups in total. The maximum atomic E-state index is 12.9. The Labute approximate surface area is 108 Å². The lowest BCUT2D eigenvalue weighted by Gasteiger charge is -2.25. The fourth-order valence-electron chi connectivity index (χ4n) is 2.27. The van der Waals surface area contributed by atoms with Gasteiger partial charge in [-0.1, -0.05) is 13.3 Å². The van der Waals surface area contributed by atoms with Crippen LogP contribution in [0.5, 0.6) is 0 Å². The van der Waals surface area contributed by atoms with Crippen LogP contribution in [-0.4, -0.2) is 35.6 Å². The van der Waals surface area contributed by atoms with Crippen molar-refractivity contribution in [2.24, 2.45) is 0 Å². The zero-order valence-electron chi connectivity index (χ0n) is 10.9. The maximum Gasteiger partial charge on any atom is 0.225 e. The molecule has 1 unspecified atom stereocenters. The molecule has 1 aliphatic rings. The van der Waals surface area contributed by atoms with Gasteiger partial charge >= 0.3 is 0 Å². The van der Waals surface area contributed by atoms with Crippen LogP contribution in [0.15, 0.2) is 12.4 Å². The van der Waals surface area contributed by atoms with Gasteiger partial charge in [-0.25, -0.2) is 14.4 Å². The fourth-order valence-corrected chi connectivity index (χ4v) is 2.27. The van der Waals surface area contributed by atoms with E-state index >= 15 is 0 Å². The van der Waals surface area contributed by atoms with Crippen molar-refractivity contribution in [3.63, 3.8) is 0 Å². The minimum Gasteiger partial charge on any atom is -0.339 e. The molecule has 0 radical (unpaired) electrons. The lowest BCUT2D eigenvalue weighted by molar-refractivity contribution is 0.561. The first-order valence-corrected chi connectivity index (χ1v) is 6.75. The lowest BCUT2D eigenvalue weighted by atomic mass is 10.2. The van der Waals surface area contributed by atoms with E-state index in [9.17, 15) is 4.39 Å². The zero-order valence-corrected chi connectivity index (χ0v) is 10.9. The molecular formula is C13H21FN4. The Morgan fingerprint density at radius 3 is 2.83 bits per heavy atom. The van der Waals surface area contributed by atoms with E-state index in [4.69, 9.17) is 0 Å². The van der Waals surface area contributed by atoms with Crippen LogP contribution >= 0.6 is 0 Å². The summed E-state index contributed by atoms with van der Waals surface area (Å²) in [6.45, 7) is 5.10. The van der Waals surface area contributed by atoms with Crippen molar-refractivity contribution in [2.75, 3.05) is 24.5 Å². The molecule has 0 saturated carbocycles. The summed E-state index contributed by atoms with van der Waals surface area (Å²) in [5.41, 5.74) is 0. The quantitative estimate of drug-likeness (QED) is 0.840. The van der Waals surface area contributed by atoms with Crippen molar-refractivity contribution in [1.82, 2.24) is 15.3 Å². The van der Waals surface area contributed by atoms with E-state index in [1.165, 1.54) is 25.2 Å². The molecule has 1 fully saturated rings. The minimum atomic E-state index is -0.381. The summed E-state index contributed by atoms with van der Waals surface area (Å²) in [7, 11) is 0. The normalized spacial score (nSPS) is 19.1. The highest BCUT2D eigenvalue weighted by Gasteiger charge is 2.19. The molecular weight excluding hydrogens is 231 g/mol. The van der Waals surface area contributed by atoms with Gasteiger partial charge in [0.2, 0.25) is 5.95 Å². The molecule has 0 spiro atoms. The Morgan fingerprint density at radius 1 is 1.44 bits per heavy atom. The van der Waals surface area contributed by atoms with Crippen LogP contribution in [0.25, 0.3) is 0 Å². The van der Waals surface area contributed by atoms with Gasteiger partial charge in [0.05, 0.1) is 12.4 Å². The highest BCUT2D eigenvalue weighted by Crippen LogP contribution is 2.13. The van der Waals surface area contributed by atoms with Gasteiger partial charge in [-0.15, -0.1) is 0 Å². The number of nitrogens with zero attached hydrogens (tertiary/aromatic N) is 3. The minimum absolute atomic E-state index is 0.381. The monoisotopic (exact) mass is 252 g/mol. The first-order chi connectivity index (χ1) is 8.79. The third-order valence-electron chi connectivity index (χ3n) is 3.27. The Kier molecular flexibility index (Phi) is 4.87. The van der Waals surface area contributed by atoms with Crippen molar-refractivity contribution >= 4 is 5.95 Å². The predicted molar refractivity (Wildman–Crippen MR) is 70.1 cm³/mol. The number of halogens is 1. The molecule has 1 aromatic heterocycles. The van der Waals surface area contributed by atoms with Crippen LogP contribution in [0.3, 0.4) is 0 Å². The summed E-state index contributed by atoms with van der Waals surface area (Å²) >= 11 is 0. The van der Waals surface area contributed by atoms with Crippen LogP contribution in [0.1, 0.15) is 32.6 Å². The third-order valence-corrected chi connectivity index (χ3v) is 3.27. The van der Waals surface area contributed by atoms with Crippen molar-refractivity contribution in [3.8, 4) is 0 Å². The van der Waals surface area contributed by atoms with E-state index in [2.05, 4.69) is 27.1 Å². The van der Waals surface area contributed by atoms with Crippen LogP contribution in [-0.2, 0) is 0 Å². The SMILES string of the molecule is CCCCN(CC1CCCN1)c1ncc(F)cn1. The lowest BCUT2D eigenvalue weighted by Crippen LogP contribution is -2.39. The highest BCUT2D eigenvalue weighted by molar-refractivity contribution is 5.29. The summed E-state index contributed by atoms with van der Waals surface area (Å²) in [6, 6.07) is 0.510. The summed E-state index contributed by atoms with van der Waals surface area (Å²) in [5.74, 6) is 0.256. The average molecular weight is 252 g/mol. The molecule has 100 valence electrons. The number of rotatable bonds is 6. The predicted octanol–water partition coefficient (Wildman–Crippen LogP) is 1.97. The number of anilines is 1. The standard InChI is InChI=1S/C13H21FN4/c1-2-3-7-18(10-12-5-4-6-15-12)13-16-8-11(14)9-17-13/h8-9,12,15H,2-7,10H2,1H3. The molecule has 2 rings (SSSR count). The molecule has 0 aliphatic carbocycles. The summed E-state index contributed by atoms with van der Waals surface area (Å²) in [5, 5.41) is 3.47. The Hall–Kier alpha value is -1.23. The number of aromatic nitrogens is 2. The van der Waals surface area contributed by atoms with Gasteiger partial charge in [-0.05, 0) is 25.8 Å². The third kappa shape index (κ3) is 3.63. The smallest absolute Gasteiger partial charge is 0.225 e. The molecule has 4 nitrogen and oxygen atoms in total. The summed E-state index contributed by atoms with van der Waals surface area (Å²) in [4.78, 5) is 10.3. The molecule has 1 aliphatic heterocycles. The van der Waals surface area contributed by atoms with Gasteiger partial charge in [0.1, 0.15) is 0 Å². The first kappa shape index (κ1) is 13.2. The van der Waals surface area contributed by atoms with Crippen LogP contribution in [0, 0.1) is 5.82 Å². The number of unbranched alkanes of at least 4 members (excludes halogenated alkanes) is 1. The fraction of sp³-hybridized carbons (Fsp3) is 0.692. The molecule has 0 aromatic carbocycles. The number of hydrogen-bond donors (Lipinski definition) is 1. The molecule has 5 heteroatoms. The van der Waals surface area contributed by atoms with E-state index in [-0.39, 0.29) is 5.82 Å². The van der Waals surface area contributed by atoms with Gasteiger partial charge < -0.3 is 10.2 Å². The van der Waals surface area contributed by atoms with Crippen molar-refractivity contribution in [2.45, 2.75) is 38.6 Å². The van der Waals surface area contributed by atoms with E-state index in [1.54, 1.807) is 0 Å². The van der Waals surface area contributed by atoms with Gasteiger partial charge in [0.15, 0.2) is 5.82 Å². The molecule has 1 atom stereocenters. The largest absolute Gasteiger partial charge is 0.339 e. The van der Waals surface area contributed by atoms with E-state index in [0.29, 0.717) is 12.0 Å². The Balaban J connectivity index is 2.00. The van der Waals surface area contributed by atoms with Crippen LogP contribution in [0.4, 0.5) is 10.3 Å². The maximum absolute atomic E-state index is 12.9. The van der Waals surface area contributed by atoms with Crippen molar-refractivity contribution in [1.29, 1.82) is 0 Å². The highest BCUT2D eigenvalue weighted by atomic mass is 19.1. The van der Waals surface area contributed by atoms with E-state index in [1.807, 2.05) is 0 Å². The summed E-state index contributed by atoms with van der Waals surface area (Å²) < 4.78 is 12.9. The average Bonchev–Trinajstić information content (AvgIpc) is 2.88. The molecule has 0 amide bonds. The van der Waals surface area contributed by atoms with Gasteiger partial charge in [-0.2, -0.15) is 0 Å². The Morgan fingerprint density at radius 2 is 2.22 bits per heavy atom. The van der Waals surface area contributed by atoms with E-state index < -0.39 is 0 Å². The van der Waals surface area contributed by atoms with E-state index in [0.717, 1.165) is 32.5 Å². The molecule has 1 saturated heterocycles.